The van der Waals surface area contributed by atoms with Crippen LogP contribution in [0.5, 0.6) is 0 Å². The summed E-state index contributed by atoms with van der Waals surface area (Å²) in [5.41, 5.74) is 3.58. The number of rotatable bonds is 3. The molecule has 0 unspecified atom stereocenters. The summed E-state index contributed by atoms with van der Waals surface area (Å²) in [6, 6.07) is 10.6. The SMILES string of the molecule is CC1(C)C[C@H]2C[C@@](C)(CN2C(=O)c2cnn(-c3ccccc3)c2C2CC2)C1. The third-order valence-electron chi connectivity index (χ3n) is 6.68. The Hall–Kier alpha value is -2.10. The molecule has 3 aliphatic rings. The molecule has 0 radical (unpaired) electrons. The molecule has 1 aliphatic heterocycles. The zero-order chi connectivity index (χ0) is 18.8. The minimum absolute atomic E-state index is 0.200. The van der Waals surface area contributed by atoms with E-state index in [0.29, 0.717) is 17.4 Å². The first-order valence-electron chi connectivity index (χ1n) is 10.3. The minimum Gasteiger partial charge on any atom is -0.335 e. The molecule has 1 aromatic carbocycles. The highest BCUT2D eigenvalue weighted by Gasteiger charge is 2.51. The molecule has 4 heteroatoms. The maximum atomic E-state index is 13.6. The van der Waals surface area contributed by atoms with E-state index in [9.17, 15) is 4.79 Å². The van der Waals surface area contributed by atoms with Crippen LogP contribution in [0.15, 0.2) is 36.5 Å². The summed E-state index contributed by atoms with van der Waals surface area (Å²) in [4.78, 5) is 15.8. The number of para-hydroxylation sites is 1. The second-order valence-electron chi connectivity index (χ2n) is 10.1. The number of nitrogens with zero attached hydrogens (tertiary/aromatic N) is 3. The molecule has 1 saturated heterocycles. The molecule has 4 nitrogen and oxygen atoms in total. The van der Waals surface area contributed by atoms with Crippen molar-refractivity contribution in [1.29, 1.82) is 0 Å². The highest BCUT2D eigenvalue weighted by atomic mass is 16.2. The quantitative estimate of drug-likeness (QED) is 0.786. The van der Waals surface area contributed by atoms with Gasteiger partial charge in [-0.3, -0.25) is 4.79 Å². The van der Waals surface area contributed by atoms with E-state index in [0.717, 1.165) is 49.2 Å². The Labute approximate surface area is 161 Å². The first-order valence-corrected chi connectivity index (χ1v) is 10.3. The molecule has 2 aliphatic carbocycles. The second-order valence-corrected chi connectivity index (χ2v) is 10.1. The summed E-state index contributed by atoms with van der Waals surface area (Å²) < 4.78 is 2.00. The number of hydrogen-bond acceptors (Lipinski definition) is 2. The molecular formula is C23H29N3O. The van der Waals surface area contributed by atoms with Crippen LogP contribution in [0.2, 0.25) is 0 Å². The van der Waals surface area contributed by atoms with Crippen LogP contribution < -0.4 is 0 Å². The Morgan fingerprint density at radius 2 is 1.85 bits per heavy atom. The van der Waals surface area contributed by atoms with Gasteiger partial charge in [0.1, 0.15) is 0 Å². The normalized spacial score (nSPS) is 29.1. The monoisotopic (exact) mass is 363 g/mol. The summed E-state index contributed by atoms with van der Waals surface area (Å²) in [5.74, 6) is 0.672. The Morgan fingerprint density at radius 3 is 2.56 bits per heavy atom. The predicted octanol–water partition coefficient (Wildman–Crippen LogP) is 4.79. The van der Waals surface area contributed by atoms with Gasteiger partial charge in [0.15, 0.2) is 0 Å². The smallest absolute Gasteiger partial charge is 0.257 e. The Bertz CT molecular complexity index is 880. The minimum atomic E-state index is 0.200. The van der Waals surface area contributed by atoms with E-state index in [4.69, 9.17) is 0 Å². The fourth-order valence-corrected chi connectivity index (χ4v) is 5.90. The zero-order valence-electron chi connectivity index (χ0n) is 16.6. The van der Waals surface area contributed by atoms with Gasteiger partial charge in [-0.25, -0.2) is 4.68 Å². The Kier molecular flexibility index (Phi) is 3.59. The van der Waals surface area contributed by atoms with E-state index in [1.165, 1.54) is 6.42 Å². The van der Waals surface area contributed by atoms with Gasteiger partial charge in [-0.1, -0.05) is 39.0 Å². The second kappa shape index (κ2) is 5.70. The maximum Gasteiger partial charge on any atom is 0.257 e. The van der Waals surface area contributed by atoms with Crippen LogP contribution in [0.4, 0.5) is 0 Å². The van der Waals surface area contributed by atoms with E-state index in [1.54, 1.807) is 0 Å². The van der Waals surface area contributed by atoms with Crippen molar-refractivity contribution in [2.75, 3.05) is 6.54 Å². The van der Waals surface area contributed by atoms with Crippen LogP contribution in [0, 0.1) is 10.8 Å². The molecule has 142 valence electrons. The van der Waals surface area contributed by atoms with Crippen LogP contribution in [0.3, 0.4) is 0 Å². The number of carbonyl (C=O) groups is 1. The highest BCUT2D eigenvalue weighted by molar-refractivity contribution is 5.96. The lowest BCUT2D eigenvalue weighted by Crippen LogP contribution is -2.38. The maximum absolute atomic E-state index is 13.6. The van der Waals surface area contributed by atoms with Crippen molar-refractivity contribution in [1.82, 2.24) is 14.7 Å². The number of carbonyl (C=O) groups excluding carboxylic acids is 1. The number of benzene rings is 1. The first kappa shape index (κ1) is 17.0. The lowest BCUT2D eigenvalue weighted by Gasteiger charge is -2.39. The van der Waals surface area contributed by atoms with Gasteiger partial charge in [-0.15, -0.1) is 0 Å². The summed E-state index contributed by atoms with van der Waals surface area (Å²) >= 11 is 0. The molecule has 1 amide bonds. The molecule has 3 fully saturated rings. The Balaban J connectivity index is 1.51. The first-order chi connectivity index (χ1) is 12.9. The van der Waals surface area contributed by atoms with Crippen LogP contribution in [0.1, 0.15) is 74.8 Å². The van der Waals surface area contributed by atoms with Gasteiger partial charge < -0.3 is 4.90 Å². The third kappa shape index (κ3) is 2.90. The summed E-state index contributed by atoms with van der Waals surface area (Å²) in [7, 11) is 0. The van der Waals surface area contributed by atoms with E-state index in [2.05, 4.69) is 42.9 Å². The van der Waals surface area contributed by atoms with E-state index >= 15 is 0 Å². The van der Waals surface area contributed by atoms with Crippen molar-refractivity contribution < 1.29 is 4.79 Å². The van der Waals surface area contributed by atoms with Crippen molar-refractivity contribution in [2.24, 2.45) is 10.8 Å². The lowest BCUT2D eigenvalue weighted by molar-refractivity contribution is 0.0707. The van der Waals surface area contributed by atoms with Crippen molar-refractivity contribution in [3.63, 3.8) is 0 Å². The van der Waals surface area contributed by atoms with Crippen molar-refractivity contribution in [3.8, 4) is 5.69 Å². The van der Waals surface area contributed by atoms with Gasteiger partial charge in [-0.05, 0) is 55.1 Å². The summed E-state index contributed by atoms with van der Waals surface area (Å²) in [5, 5.41) is 4.64. The topological polar surface area (TPSA) is 38.1 Å². The van der Waals surface area contributed by atoms with Gasteiger partial charge in [0, 0.05) is 18.5 Å². The molecule has 2 bridgehead atoms. The van der Waals surface area contributed by atoms with Gasteiger partial charge >= 0.3 is 0 Å². The number of amides is 1. The molecule has 2 saturated carbocycles. The molecule has 0 N–H and O–H groups in total. The van der Waals surface area contributed by atoms with Crippen molar-refractivity contribution >= 4 is 5.91 Å². The van der Waals surface area contributed by atoms with E-state index in [1.807, 2.05) is 29.1 Å². The lowest BCUT2D eigenvalue weighted by atomic mass is 9.65. The molecule has 2 atom stereocenters. The molecule has 27 heavy (non-hydrogen) atoms. The molecule has 5 rings (SSSR count). The van der Waals surface area contributed by atoms with Crippen molar-refractivity contribution in [2.45, 2.75) is 64.8 Å². The highest BCUT2D eigenvalue weighted by Crippen LogP contribution is 2.53. The zero-order valence-corrected chi connectivity index (χ0v) is 16.6. The molecule has 1 aromatic heterocycles. The van der Waals surface area contributed by atoms with E-state index < -0.39 is 0 Å². The van der Waals surface area contributed by atoms with Crippen LogP contribution in [-0.2, 0) is 0 Å². The number of aromatic nitrogens is 2. The van der Waals surface area contributed by atoms with Gasteiger partial charge in [0.25, 0.3) is 5.91 Å². The average molecular weight is 364 g/mol. The van der Waals surface area contributed by atoms with E-state index in [-0.39, 0.29) is 11.3 Å². The summed E-state index contributed by atoms with van der Waals surface area (Å²) in [6.45, 7) is 7.97. The molecule has 2 aromatic rings. The average Bonchev–Trinajstić information content (AvgIpc) is 3.29. The van der Waals surface area contributed by atoms with Crippen LogP contribution in [0.25, 0.3) is 5.69 Å². The number of hydrogen-bond donors (Lipinski definition) is 0. The van der Waals surface area contributed by atoms with Gasteiger partial charge in [0.05, 0.1) is 23.1 Å². The fraction of sp³-hybridized carbons (Fsp3) is 0.565. The van der Waals surface area contributed by atoms with Crippen LogP contribution in [-0.4, -0.2) is 33.2 Å². The number of likely N-dealkylation sites (tertiary alicyclic amines) is 1. The standard InChI is InChI=1S/C23H29N3O/c1-22(2)11-18-12-23(3,14-22)15-25(18)21(27)19-13-24-26(20(19)16-9-10-16)17-7-5-4-6-8-17/h4-8,13,16,18H,9-12,14-15H2,1-3H3/t18-,23+/m0/s1. The molecule has 0 spiro atoms. The van der Waals surface area contributed by atoms with Gasteiger partial charge in [-0.2, -0.15) is 5.10 Å². The van der Waals surface area contributed by atoms with Crippen molar-refractivity contribution in [3.05, 3.63) is 47.8 Å². The van der Waals surface area contributed by atoms with Crippen LogP contribution >= 0.6 is 0 Å². The fourth-order valence-electron chi connectivity index (χ4n) is 5.90. The third-order valence-corrected chi connectivity index (χ3v) is 6.68. The van der Waals surface area contributed by atoms with Gasteiger partial charge in [0.2, 0.25) is 0 Å². The molecule has 2 heterocycles. The predicted molar refractivity (Wildman–Crippen MR) is 106 cm³/mol. The Morgan fingerprint density at radius 1 is 1.11 bits per heavy atom. The summed E-state index contributed by atoms with van der Waals surface area (Å²) in [6.07, 6.45) is 7.60. The number of fused-ring (bicyclic) bond motifs is 2. The largest absolute Gasteiger partial charge is 0.335 e. The molecular weight excluding hydrogens is 334 g/mol.